The first-order valence-electron chi connectivity index (χ1n) is 31.7. The molecule has 1 saturated heterocycles. The SMILES string of the molecule is CN[C@@H](CCc1cnc[nH]1)C(=O)N[C@@H](Cc1ccc(OC)cc1)C(=O)N1CCCC1C(=O)NCCSCc1cccc(CSCCC(=O)N[C@@H](CCCO)C(=O)NCC(=O)N[C@@H](Cc2cn(N)c3ccc(F)cc23)C(=O)N[C@@H](Cc2c[nH]c3ccc(P)cc23)C(=O)NCC=O)c1. The predicted octanol–water partition coefficient (Wildman–Crippen LogP) is 2.26. The number of ether oxygens (including phenoxy) is 1. The topological polar surface area (TPSA) is 358 Å². The Labute approximate surface area is 566 Å². The number of carbonyl (C=O) groups is 9. The third-order valence-corrected chi connectivity index (χ3v) is 18.8. The number of nitrogens with zero attached hydrogens (tertiary/aromatic N) is 3. The number of aryl methyl sites for hydroxylation is 1. The number of carbonyl (C=O) groups excluding carboxylic acids is 9. The van der Waals surface area contributed by atoms with E-state index >= 15 is 0 Å². The fourth-order valence-electron chi connectivity index (χ4n) is 11.4. The van der Waals surface area contributed by atoms with Crippen molar-refractivity contribution in [2.45, 2.75) is 112 Å². The van der Waals surface area contributed by atoms with E-state index in [1.54, 1.807) is 61.7 Å². The molecule has 2 unspecified atom stereocenters. The zero-order valence-electron chi connectivity index (χ0n) is 53.6. The van der Waals surface area contributed by atoms with Crippen molar-refractivity contribution in [3.63, 3.8) is 0 Å². The number of thioether (sulfide) groups is 2. The molecule has 0 spiro atoms. The van der Waals surface area contributed by atoms with Gasteiger partial charge in [0.1, 0.15) is 48.1 Å². The number of rotatable bonds is 38. The van der Waals surface area contributed by atoms with Crippen molar-refractivity contribution >= 4 is 113 Å². The van der Waals surface area contributed by atoms with E-state index in [1.165, 1.54) is 40.8 Å². The summed E-state index contributed by atoms with van der Waals surface area (Å²) in [6, 6.07) is 19.0. The summed E-state index contributed by atoms with van der Waals surface area (Å²) in [7, 11) is 5.88. The Morgan fingerprint density at radius 1 is 0.771 bits per heavy atom. The van der Waals surface area contributed by atoms with E-state index in [1.807, 2.05) is 48.5 Å². The van der Waals surface area contributed by atoms with Gasteiger partial charge in [0.15, 0.2) is 0 Å². The number of aromatic nitrogens is 4. The molecule has 4 aromatic carbocycles. The predicted molar refractivity (Wildman–Crippen MR) is 371 cm³/mol. The number of aromatic amines is 2. The lowest BCUT2D eigenvalue weighted by atomic mass is 10.0. The molecule has 0 aliphatic carbocycles. The lowest BCUT2D eigenvalue weighted by Gasteiger charge is -2.30. The van der Waals surface area contributed by atoms with Crippen LogP contribution < -0.4 is 58.4 Å². The van der Waals surface area contributed by atoms with Gasteiger partial charge in [-0.25, -0.2) is 9.37 Å². The van der Waals surface area contributed by atoms with Gasteiger partial charge < -0.3 is 77.9 Å². The minimum Gasteiger partial charge on any atom is -0.497 e. The molecule has 7 aromatic rings. The van der Waals surface area contributed by atoms with Gasteiger partial charge in [0.05, 0.1) is 38.1 Å². The highest BCUT2D eigenvalue weighted by Crippen LogP contribution is 2.26. The number of aliphatic hydroxyl groups excluding tert-OH is 1. The third kappa shape index (κ3) is 21.3. The minimum atomic E-state index is -1.41. The number of nitrogens with two attached hydrogens (primary N) is 1. The van der Waals surface area contributed by atoms with Crippen molar-refractivity contribution in [3.05, 3.63) is 149 Å². The van der Waals surface area contributed by atoms with Gasteiger partial charge in [0, 0.05) is 109 Å². The molecule has 4 heterocycles. The number of likely N-dealkylation sites (N-methyl/N-ethyl adjacent to an activating group) is 1. The number of likely N-dealkylation sites (tertiary alicyclic amines) is 1. The molecule has 8 rings (SSSR count). The van der Waals surface area contributed by atoms with Crippen molar-refractivity contribution in [1.82, 2.24) is 67.1 Å². The maximum absolute atomic E-state index is 14.6. The van der Waals surface area contributed by atoms with Crippen LogP contribution in [0.1, 0.15) is 72.0 Å². The first-order chi connectivity index (χ1) is 46.4. The average Bonchev–Trinajstić information content (AvgIpc) is 1.66. The fraction of sp³-hybridized carbons (Fsp3) is 0.403. The molecule has 0 saturated carbocycles. The van der Waals surface area contributed by atoms with Crippen LogP contribution >= 0.6 is 32.8 Å². The Hall–Kier alpha value is -8.82. The minimum absolute atomic E-state index is 0.0146. The summed E-state index contributed by atoms with van der Waals surface area (Å²) >= 11 is 3.17. The number of H-pyrrole nitrogens is 2. The number of fused-ring (bicyclic) bond motifs is 2. The molecule has 1 fully saturated rings. The molecule has 25 nitrogen and oxygen atoms in total. The van der Waals surface area contributed by atoms with Crippen LogP contribution in [0.5, 0.6) is 5.75 Å². The lowest BCUT2D eigenvalue weighted by Crippen LogP contribution is -2.56. The summed E-state index contributed by atoms with van der Waals surface area (Å²) in [5, 5.41) is 34.0. The first kappa shape index (κ1) is 73.0. The summed E-state index contributed by atoms with van der Waals surface area (Å²) in [4.78, 5) is 134. The molecule has 1 aliphatic rings. The summed E-state index contributed by atoms with van der Waals surface area (Å²) in [6.07, 6.45) is 9.40. The molecule has 8 amide bonds. The number of halogens is 1. The Morgan fingerprint density at radius 3 is 2.22 bits per heavy atom. The van der Waals surface area contributed by atoms with Gasteiger partial charge >= 0.3 is 0 Å². The van der Waals surface area contributed by atoms with E-state index in [0.717, 1.165) is 38.6 Å². The summed E-state index contributed by atoms with van der Waals surface area (Å²) in [5.74, 6) is 4.25. The number of aliphatic hydroxyl groups is 1. The third-order valence-electron chi connectivity index (χ3n) is 16.4. The fourth-order valence-corrected chi connectivity index (χ4v) is 13.4. The highest BCUT2D eigenvalue weighted by Gasteiger charge is 2.38. The van der Waals surface area contributed by atoms with E-state index in [0.29, 0.717) is 95.8 Å². The van der Waals surface area contributed by atoms with Crippen LogP contribution in [-0.2, 0) is 80.3 Å². The van der Waals surface area contributed by atoms with Crippen LogP contribution in [0.3, 0.4) is 0 Å². The van der Waals surface area contributed by atoms with Crippen molar-refractivity contribution in [3.8, 4) is 5.75 Å². The molecule has 0 radical (unpaired) electrons. The maximum Gasteiger partial charge on any atom is 0.246 e. The second-order valence-corrected chi connectivity index (χ2v) is 26.2. The van der Waals surface area contributed by atoms with Gasteiger partial charge in [-0.1, -0.05) is 42.5 Å². The second-order valence-electron chi connectivity index (χ2n) is 23.3. The van der Waals surface area contributed by atoms with E-state index < -0.39 is 78.1 Å². The van der Waals surface area contributed by atoms with E-state index in [2.05, 4.69) is 72.8 Å². The Kier molecular flexibility index (Phi) is 28.1. The standard InChI is InChI=1S/C67H84FN14O11PS2/c1-70-53(17-13-47-35-71-40-76-47)64(89)80-57(29-41-10-14-48(93-2)15-11-41)67(92)81-23-4-9-59(81)66(91)73-22-27-96-39-43-7-3-6-42(28-43)38-95-26-20-60(85)77-54(8-5-24-83)62(87)75-36-61(86)78-56(31-45-37-82(69)58-19-12-46(68)32-51(45)58)65(90)79-55(63(88)72-21-25-84)30-44-34-74-52-18-16-49(94)33-50(44)52/h3,6-7,10-12,14-16,18-19,25,28,32-35,37,40,53-57,59,70,74,83H,4-5,8-9,13,17,20-24,26-27,29-31,36,38-39,69,94H2,1-2H3,(H,71,76)(H,72,88)(H,73,91)(H,75,87)(H,77,85)(H,78,86)(H,79,90)(H,80,89)/t53-,54-,55-,56-,57-,59?/m0/s1. The number of hydrogen-bond donors (Lipinski definition) is 12. The molecule has 13 N–H and O–H groups in total. The van der Waals surface area contributed by atoms with Gasteiger partial charge in [0.2, 0.25) is 47.3 Å². The van der Waals surface area contributed by atoms with Crippen LogP contribution in [0.15, 0.2) is 110 Å². The summed E-state index contributed by atoms with van der Waals surface area (Å²) in [5.41, 5.74) is 6.10. The monoisotopic (exact) mass is 1370 g/mol. The molecule has 0 bridgehead atoms. The quantitative estimate of drug-likeness (QED) is 0.0114. The van der Waals surface area contributed by atoms with Crippen LogP contribution in [0.25, 0.3) is 21.8 Å². The largest absolute Gasteiger partial charge is 0.497 e. The number of amides is 8. The zero-order chi connectivity index (χ0) is 68.5. The average molecular weight is 1380 g/mol. The number of imidazole rings is 1. The Bertz CT molecular complexity index is 3800. The number of nitrogen functional groups attached to an aromatic ring is 1. The number of benzene rings is 4. The van der Waals surface area contributed by atoms with Crippen LogP contribution in [0.2, 0.25) is 0 Å². The highest BCUT2D eigenvalue weighted by atomic mass is 32.2. The van der Waals surface area contributed by atoms with Crippen molar-refractivity contribution < 1.29 is 57.4 Å². The first-order valence-corrected chi connectivity index (χ1v) is 34.6. The van der Waals surface area contributed by atoms with Gasteiger partial charge in [-0.15, -0.1) is 9.24 Å². The van der Waals surface area contributed by atoms with E-state index in [9.17, 15) is 52.6 Å². The second kappa shape index (κ2) is 36.9. The van der Waals surface area contributed by atoms with Crippen molar-refractivity contribution in [1.29, 1.82) is 0 Å². The molecular weight excluding hydrogens is 1290 g/mol. The Balaban J connectivity index is 0.787. The molecule has 29 heteroatoms. The summed E-state index contributed by atoms with van der Waals surface area (Å²) < 4.78 is 21.2. The molecular formula is C67H84FN14O11PS2. The van der Waals surface area contributed by atoms with Gasteiger partial charge in [-0.3, -0.25) is 43.0 Å². The highest BCUT2D eigenvalue weighted by molar-refractivity contribution is 7.98. The zero-order valence-corrected chi connectivity index (χ0v) is 56.4. The van der Waals surface area contributed by atoms with Crippen LogP contribution in [-0.4, -0.2) is 178 Å². The van der Waals surface area contributed by atoms with E-state index in [4.69, 9.17) is 10.6 Å². The van der Waals surface area contributed by atoms with E-state index in [-0.39, 0.29) is 69.4 Å². The number of hydrogen-bond acceptors (Lipinski definition) is 16. The van der Waals surface area contributed by atoms with Crippen molar-refractivity contribution in [2.24, 2.45) is 0 Å². The molecule has 1 aliphatic heterocycles. The number of methoxy groups -OCH3 is 1. The maximum atomic E-state index is 14.6. The van der Waals surface area contributed by atoms with Crippen LogP contribution in [0, 0.1) is 5.82 Å². The summed E-state index contributed by atoms with van der Waals surface area (Å²) in [6.45, 7) is -0.484. The van der Waals surface area contributed by atoms with Gasteiger partial charge in [-0.2, -0.15) is 23.5 Å². The lowest BCUT2D eigenvalue weighted by molar-refractivity contribution is -0.141. The smallest absolute Gasteiger partial charge is 0.246 e. The Morgan fingerprint density at radius 2 is 1.49 bits per heavy atom. The van der Waals surface area contributed by atoms with Gasteiger partial charge in [-0.05, 0) is 121 Å². The van der Waals surface area contributed by atoms with Crippen LogP contribution in [0.4, 0.5) is 4.39 Å². The molecule has 512 valence electrons. The number of aldehydes is 1. The molecule has 7 atom stereocenters. The number of nitrogens with one attached hydrogen (secondary N) is 10. The molecule has 96 heavy (non-hydrogen) atoms. The van der Waals surface area contributed by atoms with Gasteiger partial charge in [0.25, 0.3) is 0 Å². The van der Waals surface area contributed by atoms with Crippen molar-refractivity contribution in [2.75, 3.05) is 64.3 Å². The molecule has 3 aromatic heterocycles. The normalized spacial score (nSPS) is 14.4.